The number of hydrogen-bond donors (Lipinski definition) is 2. The zero-order valence-corrected chi connectivity index (χ0v) is 18.3. The Labute approximate surface area is 183 Å². The van der Waals surface area contributed by atoms with E-state index in [0.717, 1.165) is 38.8 Å². The first kappa shape index (κ1) is 22.0. The van der Waals surface area contributed by atoms with Crippen LogP contribution in [0.5, 0.6) is 5.75 Å². The summed E-state index contributed by atoms with van der Waals surface area (Å²) in [5.41, 5.74) is 0.351. The van der Waals surface area contributed by atoms with E-state index >= 15 is 0 Å². The Hall–Kier alpha value is -2.16. The number of piperidine rings is 1. The number of benzene rings is 1. The van der Waals surface area contributed by atoms with E-state index in [-0.39, 0.29) is 17.9 Å². The van der Waals surface area contributed by atoms with Gasteiger partial charge in [0, 0.05) is 51.3 Å². The Kier molecular flexibility index (Phi) is 7.09. The number of nitrogens with zero attached hydrogens (tertiary/aromatic N) is 1. The zero-order chi connectivity index (χ0) is 21.7. The monoisotopic (exact) mass is 431 g/mol. The lowest BCUT2D eigenvalue weighted by Crippen LogP contribution is -2.58. The van der Waals surface area contributed by atoms with Crippen LogP contribution in [0.4, 0.5) is 5.69 Å². The predicted molar refractivity (Wildman–Crippen MR) is 117 cm³/mol. The highest BCUT2D eigenvalue weighted by Crippen LogP contribution is 2.42. The second-order valence-electron chi connectivity index (χ2n) is 8.56. The number of hydrogen-bond acceptors (Lipinski definition) is 6. The van der Waals surface area contributed by atoms with Crippen molar-refractivity contribution in [1.82, 2.24) is 10.6 Å². The topological polar surface area (TPSA) is 89.1 Å². The average molecular weight is 432 g/mol. The molecule has 4 rings (SSSR count). The summed E-state index contributed by atoms with van der Waals surface area (Å²) in [6, 6.07) is 5.54. The van der Waals surface area contributed by atoms with E-state index in [4.69, 9.17) is 14.2 Å². The van der Waals surface area contributed by atoms with Crippen molar-refractivity contribution < 1.29 is 23.8 Å². The van der Waals surface area contributed by atoms with Gasteiger partial charge in [0.15, 0.2) is 5.60 Å². The van der Waals surface area contributed by atoms with Crippen molar-refractivity contribution in [3.8, 4) is 5.75 Å². The lowest BCUT2D eigenvalue weighted by Gasteiger charge is -2.44. The van der Waals surface area contributed by atoms with Gasteiger partial charge in [-0.2, -0.15) is 0 Å². The van der Waals surface area contributed by atoms with Crippen molar-refractivity contribution >= 4 is 17.5 Å². The van der Waals surface area contributed by atoms with Crippen LogP contribution >= 0.6 is 0 Å². The summed E-state index contributed by atoms with van der Waals surface area (Å²) in [6.07, 6.45) is 4.78. The third-order valence-corrected chi connectivity index (χ3v) is 6.36. The van der Waals surface area contributed by atoms with E-state index in [2.05, 4.69) is 10.6 Å². The van der Waals surface area contributed by atoms with Crippen molar-refractivity contribution in [3.63, 3.8) is 0 Å². The van der Waals surface area contributed by atoms with Crippen LogP contribution in [-0.2, 0) is 14.3 Å². The number of rotatable bonds is 7. The first-order chi connectivity index (χ1) is 15.1. The molecule has 2 saturated heterocycles. The van der Waals surface area contributed by atoms with Gasteiger partial charge in [0.05, 0.1) is 18.9 Å². The van der Waals surface area contributed by atoms with Crippen LogP contribution in [0.15, 0.2) is 18.2 Å². The highest BCUT2D eigenvalue weighted by atomic mass is 16.5. The SMILES string of the molecule is COCCCCN1C(=O)C2(CCOCC2)Oc2ccc(C(=O)N[C@@H]3CCCNC3)cc21. The van der Waals surface area contributed by atoms with E-state index in [9.17, 15) is 9.59 Å². The fourth-order valence-electron chi connectivity index (χ4n) is 4.56. The molecule has 0 aromatic heterocycles. The van der Waals surface area contributed by atoms with Gasteiger partial charge in [-0.15, -0.1) is 0 Å². The summed E-state index contributed by atoms with van der Waals surface area (Å²) in [7, 11) is 1.68. The highest BCUT2D eigenvalue weighted by Gasteiger charge is 2.49. The normalized spacial score (nSPS) is 22.7. The second kappa shape index (κ2) is 9.97. The molecule has 0 saturated carbocycles. The molecule has 3 heterocycles. The minimum Gasteiger partial charge on any atom is -0.475 e. The number of fused-ring (bicyclic) bond motifs is 1. The van der Waals surface area contributed by atoms with Gasteiger partial charge in [-0.05, 0) is 50.4 Å². The molecule has 2 amide bonds. The highest BCUT2D eigenvalue weighted by molar-refractivity contribution is 6.04. The summed E-state index contributed by atoms with van der Waals surface area (Å²) in [5.74, 6) is 0.508. The number of ether oxygens (including phenoxy) is 3. The number of carbonyl (C=O) groups excluding carboxylic acids is 2. The third-order valence-electron chi connectivity index (χ3n) is 6.36. The van der Waals surface area contributed by atoms with Crippen LogP contribution in [0.3, 0.4) is 0 Å². The fraction of sp³-hybridized carbons (Fsp3) is 0.652. The minimum absolute atomic E-state index is 0.0326. The van der Waals surface area contributed by atoms with Crippen molar-refractivity contribution in [2.24, 2.45) is 0 Å². The molecular formula is C23H33N3O5. The zero-order valence-electron chi connectivity index (χ0n) is 18.3. The fourth-order valence-corrected chi connectivity index (χ4v) is 4.56. The van der Waals surface area contributed by atoms with Crippen LogP contribution in [0.2, 0.25) is 0 Å². The predicted octanol–water partition coefficient (Wildman–Crippen LogP) is 1.87. The van der Waals surface area contributed by atoms with Crippen LogP contribution < -0.4 is 20.3 Å². The van der Waals surface area contributed by atoms with Gasteiger partial charge >= 0.3 is 0 Å². The Morgan fingerprint density at radius 1 is 1.32 bits per heavy atom. The largest absolute Gasteiger partial charge is 0.475 e. The summed E-state index contributed by atoms with van der Waals surface area (Å²) in [5, 5.41) is 6.42. The average Bonchev–Trinajstić information content (AvgIpc) is 2.80. The molecule has 1 atom stereocenters. The molecule has 31 heavy (non-hydrogen) atoms. The molecule has 0 aliphatic carbocycles. The molecule has 1 aromatic carbocycles. The molecular weight excluding hydrogens is 398 g/mol. The molecule has 2 N–H and O–H groups in total. The first-order valence-electron chi connectivity index (χ1n) is 11.4. The summed E-state index contributed by atoms with van der Waals surface area (Å²) < 4.78 is 16.9. The Balaban J connectivity index is 1.56. The second-order valence-corrected chi connectivity index (χ2v) is 8.56. The lowest BCUT2D eigenvalue weighted by atomic mass is 9.90. The maximum absolute atomic E-state index is 13.5. The van der Waals surface area contributed by atoms with Crippen LogP contribution in [0.25, 0.3) is 0 Å². The van der Waals surface area contributed by atoms with Crippen LogP contribution in [0, 0.1) is 0 Å². The van der Waals surface area contributed by atoms with E-state index < -0.39 is 5.60 Å². The Morgan fingerprint density at radius 2 is 2.16 bits per heavy atom. The minimum atomic E-state index is -0.871. The van der Waals surface area contributed by atoms with Gasteiger partial charge in [-0.25, -0.2) is 0 Å². The standard InChI is InChI=1S/C23H33N3O5/c1-29-12-3-2-11-26-19-15-17(21(27)25-18-5-4-10-24-16-18)6-7-20(19)31-23(22(26)28)8-13-30-14-9-23/h6-7,15,18,24H,2-5,8-14,16H2,1H3,(H,25,27)/t18-/m1/s1. The Morgan fingerprint density at radius 3 is 2.90 bits per heavy atom. The summed E-state index contributed by atoms with van der Waals surface area (Å²) in [6.45, 7) is 4.02. The molecule has 2 fully saturated rings. The molecule has 0 bridgehead atoms. The number of carbonyl (C=O) groups is 2. The molecule has 1 spiro atoms. The van der Waals surface area contributed by atoms with E-state index in [1.165, 1.54) is 0 Å². The number of nitrogens with one attached hydrogen (secondary N) is 2. The summed E-state index contributed by atoms with van der Waals surface area (Å²) >= 11 is 0. The molecule has 1 aromatic rings. The first-order valence-corrected chi connectivity index (χ1v) is 11.4. The molecule has 170 valence electrons. The van der Waals surface area contributed by atoms with Gasteiger partial charge in [-0.3, -0.25) is 9.59 Å². The summed E-state index contributed by atoms with van der Waals surface area (Å²) in [4.78, 5) is 28.2. The van der Waals surface area contributed by atoms with Gasteiger partial charge in [-0.1, -0.05) is 0 Å². The van der Waals surface area contributed by atoms with Crippen LogP contribution in [0.1, 0.15) is 48.9 Å². The van der Waals surface area contributed by atoms with Crippen molar-refractivity contribution in [1.29, 1.82) is 0 Å². The van der Waals surface area contributed by atoms with Crippen molar-refractivity contribution in [2.75, 3.05) is 51.5 Å². The van der Waals surface area contributed by atoms with Gasteiger partial charge in [0.25, 0.3) is 11.8 Å². The quantitative estimate of drug-likeness (QED) is 0.641. The number of amides is 2. The van der Waals surface area contributed by atoms with Gasteiger partial charge in [0.2, 0.25) is 0 Å². The number of unbranched alkanes of at least 4 members (excludes halogenated alkanes) is 1. The smallest absolute Gasteiger partial charge is 0.271 e. The molecule has 0 radical (unpaired) electrons. The van der Waals surface area contributed by atoms with Gasteiger partial charge in [0.1, 0.15) is 5.75 Å². The lowest BCUT2D eigenvalue weighted by molar-refractivity contribution is -0.144. The van der Waals surface area contributed by atoms with E-state index in [0.29, 0.717) is 56.2 Å². The number of anilines is 1. The van der Waals surface area contributed by atoms with Crippen LogP contribution in [-0.4, -0.2) is 70.0 Å². The number of methoxy groups -OCH3 is 1. The maximum Gasteiger partial charge on any atom is 0.271 e. The van der Waals surface area contributed by atoms with Gasteiger partial charge < -0.3 is 29.7 Å². The molecule has 0 unspecified atom stereocenters. The van der Waals surface area contributed by atoms with E-state index in [1.807, 2.05) is 6.07 Å². The molecule has 8 nitrogen and oxygen atoms in total. The Bertz CT molecular complexity index is 787. The molecule has 8 heteroatoms. The van der Waals surface area contributed by atoms with Crippen molar-refractivity contribution in [3.05, 3.63) is 23.8 Å². The third kappa shape index (κ3) is 4.86. The molecule has 3 aliphatic rings. The van der Waals surface area contributed by atoms with E-state index in [1.54, 1.807) is 24.1 Å². The molecule has 3 aliphatic heterocycles. The maximum atomic E-state index is 13.5. The van der Waals surface area contributed by atoms with Crippen molar-refractivity contribution in [2.45, 2.75) is 50.2 Å².